The van der Waals surface area contributed by atoms with Crippen LogP contribution in [0, 0.1) is 5.92 Å². The third kappa shape index (κ3) is 4.06. The molecule has 5 nitrogen and oxygen atoms in total. The lowest BCUT2D eigenvalue weighted by atomic mass is 9.97. The molecule has 1 aliphatic heterocycles. The molecule has 1 N–H and O–H groups in total. The van der Waals surface area contributed by atoms with Gasteiger partial charge in [-0.2, -0.15) is 4.98 Å². The topological polar surface area (TPSA) is 44.3 Å². The zero-order valence-corrected chi connectivity index (χ0v) is 12.3. The zero-order valence-electron chi connectivity index (χ0n) is 12.3. The van der Waals surface area contributed by atoms with Gasteiger partial charge < -0.3 is 15.1 Å². The first kappa shape index (κ1) is 14.1. The number of rotatable bonds is 5. The molecule has 0 atom stereocenters. The molecule has 0 aromatic carbocycles. The van der Waals surface area contributed by atoms with E-state index < -0.39 is 0 Å². The Morgan fingerprint density at radius 2 is 2.16 bits per heavy atom. The van der Waals surface area contributed by atoms with Gasteiger partial charge in [0.2, 0.25) is 5.95 Å². The van der Waals surface area contributed by atoms with E-state index >= 15 is 0 Å². The molecule has 2 rings (SSSR count). The van der Waals surface area contributed by atoms with Crippen LogP contribution in [0.25, 0.3) is 0 Å². The molecule has 1 fully saturated rings. The molecule has 106 valence electrons. The molecule has 0 unspecified atom stereocenters. The standard InChI is InChI=1S/C14H25N5/c1-4-15-14-16-8-5-13(17-14)19(3)11-12-6-9-18(2)10-7-12/h5,8,12H,4,6-7,9-11H2,1-3H3,(H,15,16,17). The average Bonchev–Trinajstić information content (AvgIpc) is 2.42. The summed E-state index contributed by atoms with van der Waals surface area (Å²) in [6.45, 7) is 6.41. The van der Waals surface area contributed by atoms with Crippen molar-refractivity contribution in [2.45, 2.75) is 19.8 Å². The first-order valence-corrected chi connectivity index (χ1v) is 7.15. The van der Waals surface area contributed by atoms with Gasteiger partial charge in [-0.05, 0) is 51.9 Å². The van der Waals surface area contributed by atoms with E-state index in [0.29, 0.717) is 0 Å². The quantitative estimate of drug-likeness (QED) is 0.876. The van der Waals surface area contributed by atoms with Crippen molar-refractivity contribution in [3.63, 3.8) is 0 Å². The summed E-state index contributed by atoms with van der Waals surface area (Å²) in [6.07, 6.45) is 4.39. The summed E-state index contributed by atoms with van der Waals surface area (Å²) in [5.41, 5.74) is 0. The van der Waals surface area contributed by atoms with E-state index in [1.54, 1.807) is 0 Å². The molecule has 2 heterocycles. The van der Waals surface area contributed by atoms with Crippen LogP contribution in [0.5, 0.6) is 0 Å². The first-order valence-electron chi connectivity index (χ1n) is 7.15. The highest BCUT2D eigenvalue weighted by molar-refractivity contribution is 5.41. The minimum absolute atomic E-state index is 0.718. The van der Waals surface area contributed by atoms with Gasteiger partial charge in [0, 0.05) is 26.3 Å². The van der Waals surface area contributed by atoms with E-state index in [4.69, 9.17) is 0 Å². The number of aromatic nitrogens is 2. The minimum atomic E-state index is 0.718. The summed E-state index contributed by atoms with van der Waals surface area (Å²) in [6, 6.07) is 1.98. The van der Waals surface area contributed by atoms with Crippen LogP contribution in [-0.4, -0.2) is 55.1 Å². The lowest BCUT2D eigenvalue weighted by Gasteiger charge is -2.32. The molecule has 1 saturated heterocycles. The van der Waals surface area contributed by atoms with Gasteiger partial charge in [0.25, 0.3) is 0 Å². The van der Waals surface area contributed by atoms with Gasteiger partial charge in [0.05, 0.1) is 0 Å². The lowest BCUT2D eigenvalue weighted by Crippen LogP contribution is -2.36. The van der Waals surface area contributed by atoms with E-state index in [2.05, 4.69) is 46.1 Å². The van der Waals surface area contributed by atoms with Gasteiger partial charge in [-0.1, -0.05) is 0 Å². The molecule has 0 saturated carbocycles. The average molecular weight is 263 g/mol. The summed E-state index contributed by atoms with van der Waals surface area (Å²) in [5, 5.41) is 3.16. The normalized spacial score (nSPS) is 17.4. The Bertz CT molecular complexity index is 387. The molecule has 0 amide bonds. The van der Waals surface area contributed by atoms with E-state index in [-0.39, 0.29) is 0 Å². The Hall–Kier alpha value is -1.36. The van der Waals surface area contributed by atoms with Crippen LogP contribution in [0.15, 0.2) is 12.3 Å². The molecule has 0 spiro atoms. The number of anilines is 2. The van der Waals surface area contributed by atoms with Gasteiger partial charge in [-0.25, -0.2) is 4.98 Å². The van der Waals surface area contributed by atoms with E-state index in [9.17, 15) is 0 Å². The summed E-state index contributed by atoms with van der Waals surface area (Å²) in [7, 11) is 4.32. The predicted octanol–water partition coefficient (Wildman–Crippen LogP) is 1.69. The second-order valence-electron chi connectivity index (χ2n) is 5.40. The number of likely N-dealkylation sites (tertiary alicyclic amines) is 1. The van der Waals surface area contributed by atoms with Crippen LogP contribution in [-0.2, 0) is 0 Å². The van der Waals surface area contributed by atoms with Gasteiger partial charge in [-0.15, -0.1) is 0 Å². The van der Waals surface area contributed by atoms with Gasteiger partial charge >= 0.3 is 0 Å². The fourth-order valence-electron chi connectivity index (χ4n) is 2.53. The number of hydrogen-bond donors (Lipinski definition) is 1. The fraction of sp³-hybridized carbons (Fsp3) is 0.714. The largest absolute Gasteiger partial charge is 0.359 e. The Balaban J connectivity index is 1.91. The Morgan fingerprint density at radius 3 is 2.84 bits per heavy atom. The minimum Gasteiger partial charge on any atom is -0.359 e. The van der Waals surface area contributed by atoms with Crippen molar-refractivity contribution < 1.29 is 0 Å². The monoisotopic (exact) mass is 263 g/mol. The molecule has 1 aromatic heterocycles. The molecule has 5 heteroatoms. The maximum Gasteiger partial charge on any atom is 0.224 e. The summed E-state index contributed by atoms with van der Waals surface area (Å²) < 4.78 is 0. The SMILES string of the molecule is CCNc1nccc(N(C)CC2CCN(C)CC2)n1. The maximum absolute atomic E-state index is 4.54. The smallest absolute Gasteiger partial charge is 0.224 e. The maximum atomic E-state index is 4.54. The predicted molar refractivity (Wildman–Crippen MR) is 79.7 cm³/mol. The Morgan fingerprint density at radius 1 is 1.42 bits per heavy atom. The zero-order chi connectivity index (χ0) is 13.7. The first-order chi connectivity index (χ1) is 9.19. The molecule has 0 bridgehead atoms. The van der Waals surface area contributed by atoms with Crippen molar-refractivity contribution in [1.29, 1.82) is 0 Å². The second kappa shape index (κ2) is 6.70. The van der Waals surface area contributed by atoms with Crippen molar-refractivity contribution >= 4 is 11.8 Å². The van der Waals surface area contributed by atoms with Crippen molar-refractivity contribution in [1.82, 2.24) is 14.9 Å². The van der Waals surface area contributed by atoms with Crippen LogP contribution in [0.4, 0.5) is 11.8 Å². The van der Waals surface area contributed by atoms with E-state index in [1.165, 1.54) is 25.9 Å². The van der Waals surface area contributed by atoms with Crippen LogP contribution in [0.2, 0.25) is 0 Å². The van der Waals surface area contributed by atoms with Crippen molar-refractivity contribution in [2.24, 2.45) is 5.92 Å². The van der Waals surface area contributed by atoms with Crippen LogP contribution in [0.3, 0.4) is 0 Å². The van der Waals surface area contributed by atoms with Crippen molar-refractivity contribution in [3.8, 4) is 0 Å². The van der Waals surface area contributed by atoms with Crippen LogP contribution in [0.1, 0.15) is 19.8 Å². The highest BCUT2D eigenvalue weighted by Crippen LogP contribution is 2.19. The van der Waals surface area contributed by atoms with Gasteiger partial charge in [0.15, 0.2) is 0 Å². The molecule has 0 radical (unpaired) electrons. The molecule has 1 aromatic rings. The van der Waals surface area contributed by atoms with Crippen LogP contribution >= 0.6 is 0 Å². The summed E-state index contributed by atoms with van der Waals surface area (Å²) in [5.74, 6) is 2.50. The van der Waals surface area contributed by atoms with E-state index in [0.717, 1.165) is 30.8 Å². The number of hydrogen-bond acceptors (Lipinski definition) is 5. The van der Waals surface area contributed by atoms with Crippen LogP contribution < -0.4 is 10.2 Å². The second-order valence-corrected chi connectivity index (χ2v) is 5.40. The number of nitrogens with one attached hydrogen (secondary N) is 1. The Kier molecular flexibility index (Phi) is 4.96. The van der Waals surface area contributed by atoms with Crippen molar-refractivity contribution in [3.05, 3.63) is 12.3 Å². The highest BCUT2D eigenvalue weighted by atomic mass is 15.2. The molecular weight excluding hydrogens is 238 g/mol. The van der Waals surface area contributed by atoms with Gasteiger partial charge in [0.1, 0.15) is 5.82 Å². The third-order valence-electron chi connectivity index (χ3n) is 3.74. The number of nitrogens with zero attached hydrogens (tertiary/aromatic N) is 4. The molecule has 0 aliphatic carbocycles. The summed E-state index contributed by atoms with van der Waals surface area (Å²) in [4.78, 5) is 13.4. The molecule has 1 aliphatic rings. The molecule has 19 heavy (non-hydrogen) atoms. The molecular formula is C14H25N5. The van der Waals surface area contributed by atoms with E-state index in [1.807, 2.05) is 12.3 Å². The van der Waals surface area contributed by atoms with Crippen molar-refractivity contribution in [2.75, 3.05) is 50.5 Å². The Labute approximate surface area is 116 Å². The highest BCUT2D eigenvalue weighted by Gasteiger charge is 2.18. The fourth-order valence-corrected chi connectivity index (χ4v) is 2.53. The third-order valence-corrected chi connectivity index (χ3v) is 3.74. The lowest BCUT2D eigenvalue weighted by molar-refractivity contribution is 0.222. The summed E-state index contributed by atoms with van der Waals surface area (Å²) >= 11 is 0. The van der Waals surface area contributed by atoms with Gasteiger partial charge in [-0.3, -0.25) is 0 Å². The number of piperidine rings is 1.